The SMILES string of the molecule is CCN(C(=O)c1cccc(C#CC#Cc2ccc(C(=O)O)cc2)c1)C(C(=O)NO)C(NC(C)=O)C(F)F. The summed E-state index contributed by atoms with van der Waals surface area (Å²) in [4.78, 5) is 48.6. The Morgan fingerprint density at radius 1 is 0.973 bits per heavy atom. The Bertz CT molecular complexity index is 1290. The van der Waals surface area contributed by atoms with Crippen molar-refractivity contribution in [3.05, 3.63) is 70.8 Å². The fourth-order valence-electron chi connectivity index (χ4n) is 3.34. The van der Waals surface area contributed by atoms with E-state index in [1.54, 1.807) is 6.07 Å². The molecule has 0 radical (unpaired) electrons. The highest BCUT2D eigenvalue weighted by Gasteiger charge is 2.41. The van der Waals surface area contributed by atoms with E-state index < -0.39 is 42.2 Å². The Balaban J connectivity index is 2.31. The number of hydrogen-bond acceptors (Lipinski definition) is 5. The van der Waals surface area contributed by atoms with Crippen LogP contribution in [0.2, 0.25) is 0 Å². The molecular formula is C26H23F2N3O6. The number of nitrogens with zero attached hydrogens (tertiary/aromatic N) is 1. The van der Waals surface area contributed by atoms with Gasteiger partial charge in [0.25, 0.3) is 18.2 Å². The predicted octanol–water partition coefficient (Wildman–Crippen LogP) is 1.89. The average molecular weight is 511 g/mol. The largest absolute Gasteiger partial charge is 0.478 e. The molecule has 0 aliphatic rings. The third kappa shape index (κ3) is 7.88. The van der Waals surface area contributed by atoms with Crippen LogP contribution in [0.4, 0.5) is 8.78 Å². The molecule has 3 amide bonds. The first kappa shape index (κ1) is 28.5. The highest BCUT2D eigenvalue weighted by Crippen LogP contribution is 2.17. The summed E-state index contributed by atoms with van der Waals surface area (Å²) in [5.41, 5.74) is 2.34. The number of nitrogens with one attached hydrogen (secondary N) is 2. The standard InChI is InChI=1S/C26H23F2N3O6/c1-3-31(22(24(33)30-37)21(23(27)28)29-16(2)32)25(34)20-10-6-9-18(15-20)8-5-4-7-17-11-13-19(14-12-17)26(35)36/h6,9-15,21-23,37H,3H2,1-2H3,(H,29,32)(H,30,33)(H,35,36). The van der Waals surface area contributed by atoms with Crippen LogP contribution in [0.25, 0.3) is 0 Å². The Morgan fingerprint density at radius 2 is 1.59 bits per heavy atom. The van der Waals surface area contributed by atoms with Gasteiger partial charge in [-0.2, -0.15) is 0 Å². The minimum Gasteiger partial charge on any atom is -0.478 e. The van der Waals surface area contributed by atoms with Crippen molar-refractivity contribution in [2.45, 2.75) is 32.4 Å². The third-order valence-electron chi connectivity index (χ3n) is 5.02. The van der Waals surface area contributed by atoms with E-state index in [0.717, 1.165) is 11.8 Å². The molecule has 0 aliphatic heterocycles. The lowest BCUT2D eigenvalue weighted by Crippen LogP contribution is -2.62. The van der Waals surface area contributed by atoms with Crippen LogP contribution in [0.1, 0.15) is 45.7 Å². The van der Waals surface area contributed by atoms with Crippen molar-refractivity contribution in [1.29, 1.82) is 0 Å². The number of alkyl halides is 2. The zero-order valence-electron chi connectivity index (χ0n) is 19.8. The molecule has 192 valence electrons. The van der Waals surface area contributed by atoms with Crippen molar-refractivity contribution >= 4 is 23.7 Å². The van der Waals surface area contributed by atoms with Crippen LogP contribution in [0.15, 0.2) is 48.5 Å². The fraction of sp³-hybridized carbons (Fsp3) is 0.231. The number of rotatable bonds is 8. The van der Waals surface area contributed by atoms with Gasteiger partial charge in [0, 0.05) is 30.2 Å². The summed E-state index contributed by atoms with van der Waals surface area (Å²) in [6, 6.07) is 7.76. The van der Waals surface area contributed by atoms with Crippen LogP contribution in [-0.4, -0.2) is 64.0 Å². The van der Waals surface area contributed by atoms with Gasteiger partial charge in [0.15, 0.2) is 0 Å². The maximum Gasteiger partial charge on any atom is 0.335 e. The maximum absolute atomic E-state index is 13.7. The number of benzene rings is 2. The number of likely N-dealkylation sites (N-methyl/N-ethyl adjacent to an activating group) is 1. The van der Waals surface area contributed by atoms with Gasteiger partial charge in [0.05, 0.1) is 5.56 Å². The van der Waals surface area contributed by atoms with E-state index in [9.17, 15) is 28.0 Å². The molecule has 4 N–H and O–H groups in total. The second kappa shape index (κ2) is 13.4. The zero-order valence-corrected chi connectivity index (χ0v) is 19.8. The van der Waals surface area contributed by atoms with E-state index in [1.807, 2.05) is 5.32 Å². The van der Waals surface area contributed by atoms with E-state index in [0.29, 0.717) is 11.1 Å². The second-order valence-electron chi connectivity index (χ2n) is 7.54. The highest BCUT2D eigenvalue weighted by molar-refractivity contribution is 5.98. The smallest absolute Gasteiger partial charge is 0.335 e. The number of hydroxylamine groups is 1. The summed E-state index contributed by atoms with van der Waals surface area (Å²) in [6.45, 7) is 2.24. The summed E-state index contributed by atoms with van der Waals surface area (Å²) in [5, 5.41) is 20.0. The predicted molar refractivity (Wildman–Crippen MR) is 128 cm³/mol. The number of carboxylic acid groups (broad SMARTS) is 1. The number of hydrogen-bond donors (Lipinski definition) is 4. The van der Waals surface area contributed by atoms with E-state index in [-0.39, 0.29) is 17.7 Å². The molecule has 0 saturated carbocycles. The van der Waals surface area contributed by atoms with Crippen LogP contribution in [0.5, 0.6) is 0 Å². The number of aromatic carboxylic acids is 1. The average Bonchev–Trinajstić information content (AvgIpc) is 2.88. The molecular weight excluding hydrogens is 488 g/mol. The van der Waals surface area contributed by atoms with Gasteiger partial charge in [-0.15, -0.1) is 0 Å². The van der Waals surface area contributed by atoms with Crippen molar-refractivity contribution < 1.29 is 38.3 Å². The molecule has 0 spiro atoms. The Kier molecular flexibility index (Phi) is 10.3. The number of halogens is 2. The van der Waals surface area contributed by atoms with Gasteiger partial charge < -0.3 is 15.3 Å². The van der Waals surface area contributed by atoms with Crippen LogP contribution >= 0.6 is 0 Å². The number of carboxylic acids is 1. The van der Waals surface area contributed by atoms with Gasteiger partial charge in [-0.25, -0.2) is 19.1 Å². The van der Waals surface area contributed by atoms with Gasteiger partial charge in [-0.05, 0) is 61.2 Å². The first-order chi connectivity index (χ1) is 17.6. The topological polar surface area (TPSA) is 136 Å². The lowest BCUT2D eigenvalue weighted by molar-refractivity contribution is -0.137. The molecule has 0 saturated heterocycles. The van der Waals surface area contributed by atoms with Crippen molar-refractivity contribution in [3.63, 3.8) is 0 Å². The van der Waals surface area contributed by atoms with Crippen LogP contribution < -0.4 is 10.8 Å². The number of amides is 3. The van der Waals surface area contributed by atoms with E-state index >= 15 is 0 Å². The van der Waals surface area contributed by atoms with Crippen LogP contribution in [0, 0.1) is 23.7 Å². The molecule has 0 heterocycles. The Labute approximate surface area is 211 Å². The van der Waals surface area contributed by atoms with Gasteiger partial charge in [0.2, 0.25) is 5.91 Å². The van der Waals surface area contributed by atoms with Crippen LogP contribution in [-0.2, 0) is 9.59 Å². The second-order valence-corrected chi connectivity index (χ2v) is 7.54. The molecule has 9 nitrogen and oxygen atoms in total. The van der Waals surface area contributed by atoms with Gasteiger partial charge in [-0.1, -0.05) is 17.9 Å². The van der Waals surface area contributed by atoms with Crippen molar-refractivity contribution in [1.82, 2.24) is 15.7 Å². The van der Waals surface area contributed by atoms with Gasteiger partial charge in [-0.3, -0.25) is 19.6 Å². The molecule has 0 aromatic heterocycles. The minimum absolute atomic E-state index is 0.0254. The normalized spacial score (nSPS) is 11.6. The van der Waals surface area contributed by atoms with Crippen molar-refractivity contribution in [3.8, 4) is 23.7 Å². The number of carbonyl (C=O) groups is 4. The van der Waals surface area contributed by atoms with E-state index in [1.165, 1.54) is 54.9 Å². The summed E-state index contributed by atoms with van der Waals surface area (Å²) >= 11 is 0. The summed E-state index contributed by atoms with van der Waals surface area (Å²) in [7, 11) is 0. The van der Waals surface area contributed by atoms with Crippen molar-refractivity contribution in [2.24, 2.45) is 0 Å². The molecule has 2 aromatic rings. The molecule has 0 fully saturated rings. The third-order valence-corrected chi connectivity index (χ3v) is 5.02. The summed E-state index contributed by atoms with van der Waals surface area (Å²) < 4.78 is 27.4. The molecule has 37 heavy (non-hydrogen) atoms. The van der Waals surface area contributed by atoms with Gasteiger partial charge in [0.1, 0.15) is 12.1 Å². The highest BCUT2D eigenvalue weighted by atomic mass is 19.3. The molecule has 11 heteroatoms. The van der Waals surface area contributed by atoms with Gasteiger partial charge >= 0.3 is 5.97 Å². The summed E-state index contributed by atoms with van der Waals surface area (Å²) in [5.74, 6) is 6.71. The molecule has 2 rings (SSSR count). The first-order valence-electron chi connectivity index (χ1n) is 10.8. The molecule has 2 unspecified atom stereocenters. The van der Waals surface area contributed by atoms with Crippen LogP contribution in [0.3, 0.4) is 0 Å². The van der Waals surface area contributed by atoms with E-state index in [2.05, 4.69) is 23.7 Å². The minimum atomic E-state index is -3.22. The molecule has 2 aromatic carbocycles. The Hall–Kier alpha value is -4.74. The molecule has 2 atom stereocenters. The quantitative estimate of drug-likeness (QED) is 0.243. The Morgan fingerprint density at radius 3 is 2.11 bits per heavy atom. The zero-order chi connectivity index (χ0) is 27.5. The molecule has 0 bridgehead atoms. The maximum atomic E-state index is 13.7. The fourth-order valence-corrected chi connectivity index (χ4v) is 3.34. The molecule has 0 aliphatic carbocycles. The monoisotopic (exact) mass is 511 g/mol. The lowest BCUT2D eigenvalue weighted by Gasteiger charge is -2.34. The van der Waals surface area contributed by atoms with E-state index in [4.69, 9.17) is 10.3 Å². The number of carbonyl (C=O) groups excluding carboxylic acids is 3. The summed E-state index contributed by atoms with van der Waals surface area (Å²) in [6.07, 6.45) is -3.22. The van der Waals surface area contributed by atoms with Crippen molar-refractivity contribution in [2.75, 3.05) is 6.54 Å². The lowest BCUT2D eigenvalue weighted by atomic mass is 10.0. The first-order valence-corrected chi connectivity index (χ1v) is 10.8.